The Morgan fingerprint density at radius 3 is 2.53 bits per heavy atom. The van der Waals surface area contributed by atoms with E-state index < -0.39 is 17.7 Å². The van der Waals surface area contributed by atoms with Gasteiger partial charge in [0.15, 0.2) is 4.34 Å². The molecule has 1 saturated heterocycles. The van der Waals surface area contributed by atoms with Crippen LogP contribution < -0.4 is 9.64 Å². The van der Waals surface area contributed by atoms with Crippen LogP contribution in [0.3, 0.4) is 0 Å². The number of rotatable bonds is 8. The predicted molar refractivity (Wildman–Crippen MR) is 143 cm³/mol. The van der Waals surface area contributed by atoms with E-state index in [0.717, 1.165) is 11.3 Å². The number of benzene rings is 2. The van der Waals surface area contributed by atoms with Crippen LogP contribution in [0.4, 0.5) is 9.52 Å². The molecule has 2 aromatic carbocycles. The van der Waals surface area contributed by atoms with E-state index in [0.29, 0.717) is 39.1 Å². The molecule has 2 aromatic heterocycles. The summed E-state index contributed by atoms with van der Waals surface area (Å²) < 4.78 is 20.1. The number of Topliss-reactive ketones (excluding diaryl/α,β-unsaturated/α-hetero) is 1. The number of ketones is 1. The number of hydrogen-bond donors (Lipinski definition) is 1. The first-order chi connectivity index (χ1) is 18.5. The van der Waals surface area contributed by atoms with Crippen molar-refractivity contribution in [2.75, 3.05) is 11.5 Å². The van der Waals surface area contributed by atoms with Gasteiger partial charge >= 0.3 is 5.91 Å². The van der Waals surface area contributed by atoms with Crippen LogP contribution in [-0.4, -0.2) is 38.6 Å². The Balaban J connectivity index is 1.53. The second kappa shape index (κ2) is 11.1. The SMILES string of the molecule is CCOc1ccc(C2C(=C(O)c3ccncc3)C(=O)C(=O)N2c2nnc(SCc3ccccc3F)s2)cc1. The smallest absolute Gasteiger partial charge is 0.301 e. The zero-order valence-electron chi connectivity index (χ0n) is 20.1. The molecule has 1 atom stereocenters. The number of carbonyl (C=O) groups is 2. The summed E-state index contributed by atoms with van der Waals surface area (Å²) in [6.45, 7) is 2.35. The standard InChI is InChI=1S/C27H21FN4O4S2/c1-2-36-19-9-7-16(8-10-19)22-21(23(33)17-11-13-29-14-12-17)24(34)25(35)32(22)26-30-31-27(38-26)37-15-18-5-3-4-6-20(18)28/h3-14,22,33H,2,15H2,1H3. The Morgan fingerprint density at radius 1 is 1.08 bits per heavy atom. The average Bonchev–Trinajstić information content (AvgIpc) is 3.51. The van der Waals surface area contributed by atoms with Crippen LogP contribution in [0.2, 0.25) is 0 Å². The van der Waals surface area contributed by atoms with E-state index in [1.807, 2.05) is 6.92 Å². The summed E-state index contributed by atoms with van der Waals surface area (Å²) >= 11 is 2.39. The highest BCUT2D eigenvalue weighted by Crippen LogP contribution is 2.44. The van der Waals surface area contributed by atoms with E-state index in [4.69, 9.17) is 4.74 Å². The molecule has 1 unspecified atom stereocenters. The van der Waals surface area contributed by atoms with Gasteiger partial charge in [-0.05, 0) is 48.4 Å². The van der Waals surface area contributed by atoms with Crippen molar-refractivity contribution in [1.29, 1.82) is 0 Å². The van der Waals surface area contributed by atoms with Crippen molar-refractivity contribution in [3.05, 3.63) is 101 Å². The van der Waals surface area contributed by atoms with E-state index in [9.17, 15) is 19.1 Å². The van der Waals surface area contributed by atoms with Crippen LogP contribution in [-0.2, 0) is 15.3 Å². The van der Waals surface area contributed by atoms with Gasteiger partial charge in [0.2, 0.25) is 5.13 Å². The highest BCUT2D eigenvalue weighted by molar-refractivity contribution is 8.00. The van der Waals surface area contributed by atoms with Crippen LogP contribution >= 0.6 is 23.1 Å². The molecule has 5 rings (SSSR count). The summed E-state index contributed by atoms with van der Waals surface area (Å²) in [5.74, 6) is -1.35. The Morgan fingerprint density at radius 2 is 1.82 bits per heavy atom. The third-order valence-corrected chi connectivity index (χ3v) is 7.92. The van der Waals surface area contributed by atoms with Crippen molar-refractivity contribution >= 4 is 45.7 Å². The molecule has 0 aliphatic carbocycles. The number of halogens is 1. The lowest BCUT2D eigenvalue weighted by molar-refractivity contribution is -0.132. The first-order valence-corrected chi connectivity index (χ1v) is 13.4. The molecule has 0 saturated carbocycles. The van der Waals surface area contributed by atoms with Gasteiger partial charge < -0.3 is 9.84 Å². The number of thioether (sulfide) groups is 1. The molecular weight excluding hydrogens is 527 g/mol. The maximum atomic E-state index is 14.0. The van der Waals surface area contributed by atoms with Crippen molar-refractivity contribution in [3.8, 4) is 5.75 Å². The maximum absolute atomic E-state index is 14.0. The fourth-order valence-electron chi connectivity index (χ4n) is 4.04. The molecule has 8 nitrogen and oxygen atoms in total. The highest BCUT2D eigenvalue weighted by Gasteiger charge is 2.48. The minimum atomic E-state index is -0.948. The number of aliphatic hydroxyl groups is 1. The molecule has 192 valence electrons. The molecule has 1 aliphatic rings. The van der Waals surface area contributed by atoms with Gasteiger partial charge in [0.05, 0.1) is 18.2 Å². The fourth-order valence-corrected chi connectivity index (χ4v) is 5.89. The Labute approximate surface area is 225 Å². The summed E-state index contributed by atoms with van der Waals surface area (Å²) in [5, 5.41) is 19.7. The topological polar surface area (TPSA) is 106 Å². The summed E-state index contributed by atoms with van der Waals surface area (Å²) in [5.41, 5.74) is 1.38. The molecule has 0 spiro atoms. The Bertz CT molecular complexity index is 1510. The fraction of sp³-hybridized carbons (Fsp3) is 0.148. The molecule has 38 heavy (non-hydrogen) atoms. The second-order valence-corrected chi connectivity index (χ2v) is 10.3. The van der Waals surface area contributed by atoms with Crippen LogP contribution in [0.5, 0.6) is 5.75 Å². The number of nitrogens with zero attached hydrogens (tertiary/aromatic N) is 4. The van der Waals surface area contributed by atoms with Crippen LogP contribution in [0.25, 0.3) is 5.76 Å². The molecule has 0 bridgehead atoms. The predicted octanol–water partition coefficient (Wildman–Crippen LogP) is 5.39. The summed E-state index contributed by atoms with van der Waals surface area (Å²) in [6.07, 6.45) is 2.97. The highest BCUT2D eigenvalue weighted by atomic mass is 32.2. The minimum Gasteiger partial charge on any atom is -0.507 e. The number of carbonyl (C=O) groups excluding carboxylic acids is 2. The molecule has 1 N–H and O–H groups in total. The summed E-state index contributed by atoms with van der Waals surface area (Å²) in [4.78, 5) is 31.8. The van der Waals surface area contributed by atoms with Gasteiger partial charge in [0.1, 0.15) is 17.3 Å². The molecule has 1 amide bonds. The van der Waals surface area contributed by atoms with Gasteiger partial charge in [-0.3, -0.25) is 19.5 Å². The van der Waals surface area contributed by atoms with Gasteiger partial charge in [-0.1, -0.05) is 53.4 Å². The van der Waals surface area contributed by atoms with Crippen molar-refractivity contribution in [2.24, 2.45) is 0 Å². The molecule has 1 aliphatic heterocycles. The number of ether oxygens (including phenoxy) is 1. The third-order valence-electron chi connectivity index (χ3n) is 5.82. The van der Waals surface area contributed by atoms with Crippen LogP contribution in [0, 0.1) is 5.82 Å². The Hall–Kier alpha value is -4.09. The Kier molecular flexibility index (Phi) is 7.47. The summed E-state index contributed by atoms with van der Waals surface area (Å²) in [6, 6.07) is 15.6. The number of anilines is 1. The summed E-state index contributed by atoms with van der Waals surface area (Å²) in [7, 11) is 0. The average molecular weight is 549 g/mol. The normalized spacial score (nSPS) is 16.7. The molecule has 0 radical (unpaired) electrons. The first-order valence-electron chi connectivity index (χ1n) is 11.6. The van der Waals surface area contributed by atoms with E-state index in [2.05, 4.69) is 15.2 Å². The maximum Gasteiger partial charge on any atom is 0.301 e. The third kappa shape index (κ3) is 5.02. The first kappa shape index (κ1) is 25.6. The van der Waals surface area contributed by atoms with E-state index in [-0.39, 0.29) is 22.3 Å². The van der Waals surface area contributed by atoms with E-state index in [1.165, 1.54) is 35.1 Å². The largest absolute Gasteiger partial charge is 0.507 e. The number of aliphatic hydroxyl groups excluding tert-OH is 1. The zero-order chi connectivity index (χ0) is 26.6. The second-order valence-electron chi connectivity index (χ2n) is 8.14. The minimum absolute atomic E-state index is 0.0684. The van der Waals surface area contributed by atoms with Crippen molar-refractivity contribution in [2.45, 2.75) is 23.1 Å². The van der Waals surface area contributed by atoms with Gasteiger partial charge in [-0.15, -0.1) is 10.2 Å². The number of hydrogen-bond acceptors (Lipinski definition) is 9. The monoisotopic (exact) mass is 548 g/mol. The van der Waals surface area contributed by atoms with Gasteiger partial charge in [-0.25, -0.2) is 4.39 Å². The molecular formula is C27H21FN4O4S2. The van der Waals surface area contributed by atoms with Crippen molar-refractivity contribution in [3.63, 3.8) is 0 Å². The lowest BCUT2D eigenvalue weighted by Crippen LogP contribution is -2.29. The van der Waals surface area contributed by atoms with Crippen molar-refractivity contribution < 1.29 is 23.8 Å². The van der Waals surface area contributed by atoms with Crippen LogP contribution in [0.1, 0.15) is 29.7 Å². The van der Waals surface area contributed by atoms with E-state index in [1.54, 1.807) is 54.6 Å². The van der Waals surface area contributed by atoms with Crippen molar-refractivity contribution in [1.82, 2.24) is 15.2 Å². The number of aromatic nitrogens is 3. The lowest BCUT2D eigenvalue weighted by Gasteiger charge is -2.22. The van der Waals surface area contributed by atoms with Crippen LogP contribution in [0.15, 0.2) is 83.0 Å². The zero-order valence-corrected chi connectivity index (χ0v) is 21.7. The molecule has 1 fully saturated rings. The number of pyridine rings is 1. The molecule has 3 heterocycles. The van der Waals surface area contributed by atoms with Gasteiger partial charge in [-0.2, -0.15) is 0 Å². The van der Waals surface area contributed by atoms with Gasteiger partial charge in [0.25, 0.3) is 5.78 Å². The van der Waals surface area contributed by atoms with E-state index >= 15 is 0 Å². The molecule has 4 aromatic rings. The number of amides is 1. The quantitative estimate of drug-likeness (QED) is 0.103. The lowest BCUT2D eigenvalue weighted by atomic mass is 9.95. The van der Waals surface area contributed by atoms with Gasteiger partial charge in [0, 0.05) is 23.7 Å². The molecule has 11 heteroatoms.